The Labute approximate surface area is 230 Å². The van der Waals surface area contributed by atoms with Crippen molar-refractivity contribution < 1.29 is 28.7 Å². The van der Waals surface area contributed by atoms with Crippen LogP contribution in [0, 0.1) is 19.8 Å². The first kappa shape index (κ1) is 30.4. The molecule has 0 saturated heterocycles. The molecule has 1 aliphatic rings. The maximum Gasteiger partial charge on any atom is 0.323 e. The van der Waals surface area contributed by atoms with Crippen LogP contribution in [0.2, 0.25) is 0 Å². The van der Waals surface area contributed by atoms with E-state index in [2.05, 4.69) is 28.0 Å². The lowest BCUT2D eigenvalue weighted by Gasteiger charge is -2.34. The van der Waals surface area contributed by atoms with Gasteiger partial charge in [0.1, 0.15) is 17.1 Å². The fraction of sp³-hybridized carbons (Fsp3) is 0.607. The Morgan fingerprint density at radius 2 is 2.00 bits per heavy atom. The molecule has 3 rings (SSSR count). The number of hydrogen-bond donors (Lipinski definition) is 4. The van der Waals surface area contributed by atoms with Gasteiger partial charge in [-0.1, -0.05) is 12.1 Å². The van der Waals surface area contributed by atoms with Crippen molar-refractivity contribution >= 4 is 23.3 Å². The predicted octanol–water partition coefficient (Wildman–Crippen LogP) is 3.95. The lowest BCUT2D eigenvalue weighted by atomic mass is 10.0. The maximum atomic E-state index is 14.0. The summed E-state index contributed by atoms with van der Waals surface area (Å²) in [7, 11) is 1.88. The van der Waals surface area contributed by atoms with E-state index in [1.165, 1.54) is 0 Å². The van der Waals surface area contributed by atoms with Crippen LogP contribution in [-0.2, 0) is 4.74 Å². The second-order valence-corrected chi connectivity index (χ2v) is 10.3. The Balaban J connectivity index is 1.94. The highest BCUT2D eigenvalue weighted by Gasteiger charge is 2.29. The molecule has 2 aromatic rings. The minimum absolute atomic E-state index is 0.00349. The molecule has 11 heteroatoms. The van der Waals surface area contributed by atoms with Crippen molar-refractivity contribution in [2.45, 2.75) is 72.1 Å². The Kier molecular flexibility index (Phi) is 11.1. The summed E-state index contributed by atoms with van der Waals surface area (Å²) in [5.74, 6) is 0.643. The number of amides is 3. The van der Waals surface area contributed by atoms with Gasteiger partial charge in [0.15, 0.2) is 5.76 Å². The minimum atomic E-state index is -0.492. The summed E-state index contributed by atoms with van der Waals surface area (Å²) >= 11 is 0. The van der Waals surface area contributed by atoms with Gasteiger partial charge in [0, 0.05) is 31.3 Å². The van der Waals surface area contributed by atoms with E-state index in [-0.39, 0.29) is 30.6 Å². The average Bonchev–Trinajstić information content (AvgIpc) is 3.22. The molecular weight excluding hydrogens is 502 g/mol. The van der Waals surface area contributed by atoms with E-state index in [1.807, 2.05) is 20.9 Å². The lowest BCUT2D eigenvalue weighted by molar-refractivity contribution is -0.000451. The molecule has 0 spiro atoms. The summed E-state index contributed by atoms with van der Waals surface area (Å²) < 4.78 is 17.5. The number of nitrogens with zero attached hydrogens (tertiary/aromatic N) is 2. The van der Waals surface area contributed by atoms with E-state index < -0.39 is 12.1 Å². The molecule has 3 amide bonds. The van der Waals surface area contributed by atoms with Gasteiger partial charge in [0.2, 0.25) is 0 Å². The molecule has 0 unspecified atom stereocenters. The number of ether oxygens (including phenoxy) is 2. The molecule has 0 saturated carbocycles. The van der Waals surface area contributed by atoms with E-state index >= 15 is 0 Å². The Morgan fingerprint density at radius 3 is 2.67 bits per heavy atom. The number of aliphatic hydroxyl groups is 1. The molecule has 0 bridgehead atoms. The molecule has 216 valence electrons. The van der Waals surface area contributed by atoms with Crippen LogP contribution in [-0.4, -0.2) is 78.7 Å². The standard InChI is InChI=1S/C28H43N5O6/c1-17-15-33(18(2)16-34)27(35)23-13-22(30-28(36)31-26-20(4)32-39-21(26)5)10-11-24(23)38-19(3)9-7-8-12-37-25(17)14-29-6/h10-11,13,17-19,25,29,34H,7-9,12,14-16H2,1-6H3,(H2,30,31,36)/t17-,18-,19-,25-/m1/s1. The van der Waals surface area contributed by atoms with E-state index in [9.17, 15) is 14.7 Å². The highest BCUT2D eigenvalue weighted by Crippen LogP contribution is 2.29. The van der Waals surface area contributed by atoms with E-state index in [0.29, 0.717) is 53.8 Å². The summed E-state index contributed by atoms with van der Waals surface area (Å²) in [5, 5.41) is 22.6. The smallest absolute Gasteiger partial charge is 0.323 e. The summed E-state index contributed by atoms with van der Waals surface area (Å²) in [6.45, 7) is 10.8. The number of rotatable bonds is 6. The van der Waals surface area contributed by atoms with Gasteiger partial charge in [0.25, 0.3) is 5.91 Å². The number of hydrogen-bond acceptors (Lipinski definition) is 8. The molecule has 11 nitrogen and oxygen atoms in total. The molecule has 1 aromatic heterocycles. The molecule has 4 atom stereocenters. The van der Waals surface area contributed by atoms with Gasteiger partial charge in [-0.05, 0) is 72.2 Å². The fourth-order valence-electron chi connectivity index (χ4n) is 4.63. The van der Waals surface area contributed by atoms with E-state index in [4.69, 9.17) is 14.0 Å². The number of urea groups is 1. The van der Waals surface area contributed by atoms with Gasteiger partial charge in [-0.2, -0.15) is 0 Å². The van der Waals surface area contributed by atoms with Crippen LogP contribution in [0.3, 0.4) is 0 Å². The largest absolute Gasteiger partial charge is 0.490 e. The second-order valence-electron chi connectivity index (χ2n) is 10.3. The number of aliphatic hydroxyl groups excluding tert-OH is 1. The third-order valence-electron chi connectivity index (χ3n) is 6.99. The summed E-state index contributed by atoms with van der Waals surface area (Å²) in [4.78, 5) is 28.4. The molecule has 39 heavy (non-hydrogen) atoms. The summed E-state index contributed by atoms with van der Waals surface area (Å²) in [6.07, 6.45) is 2.43. The number of carbonyl (C=O) groups excluding carboxylic acids is 2. The monoisotopic (exact) mass is 545 g/mol. The van der Waals surface area contributed by atoms with Crippen molar-refractivity contribution in [2.24, 2.45) is 5.92 Å². The first-order chi connectivity index (χ1) is 18.6. The van der Waals surface area contributed by atoms with E-state index in [1.54, 1.807) is 36.9 Å². The predicted molar refractivity (Wildman–Crippen MR) is 149 cm³/mol. The first-order valence-corrected chi connectivity index (χ1v) is 13.6. The molecule has 2 heterocycles. The molecular formula is C28H43N5O6. The number of likely N-dealkylation sites (N-methyl/N-ethyl adjacent to an activating group) is 1. The van der Waals surface area contributed by atoms with Crippen molar-refractivity contribution in [1.29, 1.82) is 0 Å². The van der Waals surface area contributed by atoms with Crippen LogP contribution in [0.25, 0.3) is 0 Å². The Morgan fingerprint density at radius 1 is 1.23 bits per heavy atom. The van der Waals surface area contributed by atoms with Crippen LogP contribution in [0.1, 0.15) is 61.8 Å². The zero-order chi connectivity index (χ0) is 28.5. The van der Waals surface area contributed by atoms with Crippen molar-refractivity contribution in [1.82, 2.24) is 15.4 Å². The van der Waals surface area contributed by atoms with Gasteiger partial charge in [-0.3, -0.25) is 4.79 Å². The topological polar surface area (TPSA) is 138 Å². The number of fused-ring (bicyclic) bond motifs is 1. The minimum Gasteiger partial charge on any atom is -0.490 e. The van der Waals surface area contributed by atoms with Crippen LogP contribution in [0.4, 0.5) is 16.2 Å². The van der Waals surface area contributed by atoms with Gasteiger partial charge in [0.05, 0.1) is 30.4 Å². The third-order valence-corrected chi connectivity index (χ3v) is 6.99. The lowest BCUT2D eigenvalue weighted by Crippen LogP contribution is -2.47. The first-order valence-electron chi connectivity index (χ1n) is 13.6. The fourth-order valence-corrected chi connectivity index (χ4v) is 4.63. The van der Waals surface area contributed by atoms with E-state index in [0.717, 1.165) is 19.3 Å². The quantitative estimate of drug-likeness (QED) is 0.428. The van der Waals surface area contributed by atoms with Crippen molar-refractivity contribution in [2.75, 3.05) is 44.0 Å². The molecule has 1 aliphatic heterocycles. The van der Waals surface area contributed by atoms with Crippen LogP contribution >= 0.6 is 0 Å². The van der Waals surface area contributed by atoms with Gasteiger partial charge >= 0.3 is 6.03 Å². The van der Waals surface area contributed by atoms with Gasteiger partial charge in [-0.25, -0.2) is 4.79 Å². The highest BCUT2D eigenvalue weighted by molar-refractivity contribution is 6.03. The molecule has 0 fully saturated rings. The number of carbonyl (C=O) groups is 2. The number of aryl methyl sites for hydroxylation is 2. The number of benzene rings is 1. The SMILES string of the molecule is CNC[C@H]1OCCCC[C@@H](C)Oc2ccc(NC(=O)Nc3c(C)noc3C)cc2C(=O)N([C@H](C)CO)C[C@H]1C. The Bertz CT molecular complexity index is 1090. The highest BCUT2D eigenvalue weighted by atomic mass is 16.5. The third kappa shape index (κ3) is 8.17. The van der Waals surface area contributed by atoms with Gasteiger partial charge < -0.3 is 40.0 Å². The Hall–Kier alpha value is -3.15. The maximum absolute atomic E-state index is 14.0. The van der Waals surface area contributed by atoms with Crippen LogP contribution < -0.4 is 20.7 Å². The normalized spacial score (nSPS) is 21.9. The van der Waals surface area contributed by atoms with Gasteiger partial charge in [-0.15, -0.1) is 0 Å². The number of nitrogens with one attached hydrogen (secondary N) is 3. The molecule has 0 aliphatic carbocycles. The summed E-state index contributed by atoms with van der Waals surface area (Å²) in [5.41, 5.74) is 1.79. The van der Waals surface area contributed by atoms with Crippen molar-refractivity contribution in [3.63, 3.8) is 0 Å². The zero-order valence-corrected chi connectivity index (χ0v) is 23.9. The zero-order valence-electron chi connectivity index (χ0n) is 23.9. The number of anilines is 2. The van der Waals surface area contributed by atoms with Crippen molar-refractivity contribution in [3.05, 3.63) is 35.2 Å². The van der Waals surface area contributed by atoms with Crippen LogP contribution in [0.15, 0.2) is 22.7 Å². The van der Waals surface area contributed by atoms with Crippen molar-refractivity contribution in [3.8, 4) is 5.75 Å². The average molecular weight is 546 g/mol. The van der Waals surface area contributed by atoms with Crippen LogP contribution in [0.5, 0.6) is 5.75 Å². The molecule has 0 radical (unpaired) electrons. The summed E-state index contributed by atoms with van der Waals surface area (Å²) in [6, 6.07) is 4.10. The second kappa shape index (κ2) is 14.3. The molecule has 1 aromatic carbocycles. The molecule has 4 N–H and O–H groups in total. The number of aromatic nitrogens is 1.